The van der Waals surface area contributed by atoms with Crippen LogP contribution in [0, 0.1) is 5.82 Å². The van der Waals surface area contributed by atoms with Crippen LogP contribution in [-0.4, -0.2) is 19.8 Å². The molecule has 0 amide bonds. The SMILES string of the molecule is Nc1ccc(F)cc1Oc1ccc2n[nH]c(=O)n2n1. The van der Waals surface area contributed by atoms with Gasteiger partial charge < -0.3 is 10.5 Å². The number of nitrogens with two attached hydrogens (primary N) is 1. The Morgan fingerprint density at radius 1 is 1.32 bits per heavy atom. The number of hydrogen-bond donors (Lipinski definition) is 2. The van der Waals surface area contributed by atoms with E-state index in [1.165, 1.54) is 24.3 Å². The molecule has 0 saturated carbocycles. The van der Waals surface area contributed by atoms with Crippen molar-refractivity contribution < 1.29 is 9.13 Å². The average molecular weight is 261 g/mol. The number of H-pyrrole nitrogens is 1. The zero-order valence-electron chi connectivity index (χ0n) is 9.50. The van der Waals surface area contributed by atoms with Crippen LogP contribution in [0.1, 0.15) is 0 Å². The predicted octanol–water partition coefficient (Wildman–Crippen LogP) is 0.931. The number of benzene rings is 1. The highest BCUT2D eigenvalue weighted by atomic mass is 19.1. The zero-order valence-corrected chi connectivity index (χ0v) is 9.50. The molecule has 3 rings (SSSR count). The summed E-state index contributed by atoms with van der Waals surface area (Å²) in [5.74, 6) is -0.248. The quantitative estimate of drug-likeness (QED) is 0.669. The number of hydrogen-bond acceptors (Lipinski definition) is 5. The van der Waals surface area contributed by atoms with Crippen molar-refractivity contribution in [3.8, 4) is 11.6 Å². The topological polar surface area (TPSA) is 98.3 Å². The number of fused-ring (bicyclic) bond motifs is 1. The van der Waals surface area contributed by atoms with Crippen molar-refractivity contribution >= 4 is 11.3 Å². The fourth-order valence-electron chi connectivity index (χ4n) is 1.55. The predicted molar refractivity (Wildman–Crippen MR) is 64.5 cm³/mol. The molecule has 0 atom stereocenters. The molecule has 0 aliphatic carbocycles. The molecule has 3 N–H and O–H groups in total. The van der Waals surface area contributed by atoms with Gasteiger partial charge in [-0.15, -0.1) is 5.10 Å². The summed E-state index contributed by atoms with van der Waals surface area (Å²) < 4.78 is 19.5. The molecular weight excluding hydrogens is 253 g/mol. The lowest BCUT2D eigenvalue weighted by Crippen LogP contribution is -2.12. The van der Waals surface area contributed by atoms with E-state index in [4.69, 9.17) is 10.5 Å². The normalized spacial score (nSPS) is 10.8. The molecule has 0 fully saturated rings. The van der Waals surface area contributed by atoms with Crippen LogP contribution >= 0.6 is 0 Å². The minimum atomic E-state index is -0.493. The molecule has 0 unspecified atom stereocenters. The summed E-state index contributed by atoms with van der Waals surface area (Å²) in [6.45, 7) is 0. The van der Waals surface area contributed by atoms with E-state index in [1.807, 2.05) is 0 Å². The Balaban J connectivity index is 2.03. The van der Waals surface area contributed by atoms with Gasteiger partial charge in [0.2, 0.25) is 5.88 Å². The van der Waals surface area contributed by atoms with Gasteiger partial charge in [0.25, 0.3) is 0 Å². The fourth-order valence-corrected chi connectivity index (χ4v) is 1.55. The number of aromatic amines is 1. The summed E-state index contributed by atoms with van der Waals surface area (Å²) in [4.78, 5) is 11.3. The molecule has 3 aromatic rings. The molecular formula is C11H8FN5O2. The molecule has 0 bridgehead atoms. The van der Waals surface area contributed by atoms with E-state index in [1.54, 1.807) is 0 Å². The van der Waals surface area contributed by atoms with Gasteiger partial charge in [0.1, 0.15) is 5.82 Å². The van der Waals surface area contributed by atoms with E-state index < -0.39 is 11.5 Å². The van der Waals surface area contributed by atoms with Crippen molar-refractivity contribution in [2.45, 2.75) is 0 Å². The Hall–Kier alpha value is -2.90. The molecule has 0 aliphatic rings. The minimum absolute atomic E-state index is 0.105. The smallest absolute Gasteiger partial charge is 0.364 e. The van der Waals surface area contributed by atoms with Crippen LogP contribution in [0.15, 0.2) is 35.1 Å². The van der Waals surface area contributed by atoms with Crippen LogP contribution in [0.5, 0.6) is 11.6 Å². The van der Waals surface area contributed by atoms with Crippen LogP contribution in [0.25, 0.3) is 5.65 Å². The highest BCUT2D eigenvalue weighted by Crippen LogP contribution is 2.26. The number of halogens is 1. The van der Waals surface area contributed by atoms with E-state index in [9.17, 15) is 9.18 Å². The lowest BCUT2D eigenvalue weighted by atomic mass is 10.3. The largest absolute Gasteiger partial charge is 0.435 e. The maximum atomic E-state index is 13.1. The highest BCUT2D eigenvalue weighted by molar-refractivity contribution is 5.53. The Kier molecular flexibility index (Phi) is 2.41. The lowest BCUT2D eigenvalue weighted by Gasteiger charge is -2.07. The van der Waals surface area contributed by atoms with Crippen molar-refractivity contribution in [2.75, 3.05) is 5.73 Å². The van der Waals surface area contributed by atoms with Gasteiger partial charge in [0.15, 0.2) is 11.4 Å². The molecule has 0 saturated heterocycles. The molecule has 96 valence electrons. The first-order chi connectivity index (χ1) is 9.13. The maximum absolute atomic E-state index is 13.1. The summed E-state index contributed by atoms with van der Waals surface area (Å²) in [5, 5.41) is 9.87. The third-order valence-corrected chi connectivity index (χ3v) is 2.44. The van der Waals surface area contributed by atoms with Crippen molar-refractivity contribution in [3.63, 3.8) is 0 Å². The van der Waals surface area contributed by atoms with Crippen LogP contribution < -0.4 is 16.2 Å². The van der Waals surface area contributed by atoms with E-state index >= 15 is 0 Å². The van der Waals surface area contributed by atoms with E-state index in [-0.39, 0.29) is 17.3 Å². The molecule has 7 nitrogen and oxygen atoms in total. The summed E-state index contributed by atoms with van der Waals surface area (Å²) in [6.07, 6.45) is 0. The molecule has 0 spiro atoms. The third-order valence-electron chi connectivity index (χ3n) is 2.44. The summed E-state index contributed by atoms with van der Waals surface area (Å²) in [7, 11) is 0. The van der Waals surface area contributed by atoms with Crippen LogP contribution in [0.3, 0.4) is 0 Å². The Bertz CT molecular complexity index is 810. The number of nitrogens with zero attached hydrogens (tertiary/aromatic N) is 3. The first kappa shape index (κ1) is 11.2. The molecule has 2 heterocycles. The standard InChI is InChI=1S/C11H8FN5O2/c12-6-1-2-7(13)8(5-6)19-10-4-3-9-14-15-11(18)17(9)16-10/h1-5H,13H2,(H,15,18). The number of nitrogen functional groups attached to an aromatic ring is 1. The number of ether oxygens (including phenoxy) is 1. The maximum Gasteiger partial charge on any atom is 0.364 e. The van der Waals surface area contributed by atoms with Crippen LogP contribution in [-0.2, 0) is 0 Å². The molecule has 2 aromatic heterocycles. The van der Waals surface area contributed by atoms with Gasteiger partial charge >= 0.3 is 5.69 Å². The summed E-state index contributed by atoms with van der Waals surface area (Å²) in [5.41, 5.74) is 5.78. The monoisotopic (exact) mass is 261 g/mol. The Morgan fingerprint density at radius 2 is 2.16 bits per heavy atom. The molecule has 0 radical (unpaired) electrons. The van der Waals surface area contributed by atoms with E-state index in [0.29, 0.717) is 5.65 Å². The number of anilines is 1. The molecule has 8 heteroatoms. The molecule has 19 heavy (non-hydrogen) atoms. The van der Waals surface area contributed by atoms with Gasteiger partial charge in [-0.05, 0) is 18.2 Å². The van der Waals surface area contributed by atoms with Gasteiger partial charge in [-0.25, -0.2) is 14.3 Å². The fraction of sp³-hybridized carbons (Fsp3) is 0. The van der Waals surface area contributed by atoms with Gasteiger partial charge in [0.05, 0.1) is 5.69 Å². The summed E-state index contributed by atoms with van der Waals surface area (Å²) >= 11 is 0. The number of rotatable bonds is 2. The van der Waals surface area contributed by atoms with Gasteiger partial charge in [0, 0.05) is 12.1 Å². The van der Waals surface area contributed by atoms with E-state index in [2.05, 4.69) is 15.3 Å². The number of nitrogens with one attached hydrogen (secondary N) is 1. The lowest BCUT2D eigenvalue weighted by molar-refractivity contribution is 0.449. The van der Waals surface area contributed by atoms with Crippen LogP contribution in [0.4, 0.5) is 10.1 Å². The van der Waals surface area contributed by atoms with Gasteiger partial charge in [-0.2, -0.15) is 9.61 Å². The second-order valence-electron chi connectivity index (χ2n) is 3.75. The Labute approximate surface area is 105 Å². The van der Waals surface area contributed by atoms with Crippen LogP contribution in [0.2, 0.25) is 0 Å². The Morgan fingerprint density at radius 3 is 3.00 bits per heavy atom. The second kappa shape index (κ2) is 4.09. The van der Waals surface area contributed by atoms with Gasteiger partial charge in [-0.3, -0.25) is 0 Å². The number of aromatic nitrogens is 4. The van der Waals surface area contributed by atoms with Crippen molar-refractivity contribution in [3.05, 3.63) is 46.6 Å². The van der Waals surface area contributed by atoms with Crippen molar-refractivity contribution in [1.82, 2.24) is 19.8 Å². The van der Waals surface area contributed by atoms with Gasteiger partial charge in [-0.1, -0.05) is 0 Å². The minimum Gasteiger partial charge on any atom is -0.435 e. The van der Waals surface area contributed by atoms with Crippen molar-refractivity contribution in [2.24, 2.45) is 0 Å². The third kappa shape index (κ3) is 1.99. The molecule has 1 aromatic carbocycles. The second-order valence-corrected chi connectivity index (χ2v) is 3.75. The van der Waals surface area contributed by atoms with Crippen molar-refractivity contribution in [1.29, 1.82) is 0 Å². The zero-order chi connectivity index (χ0) is 13.4. The first-order valence-electron chi connectivity index (χ1n) is 5.31. The summed E-state index contributed by atoms with van der Waals surface area (Å²) in [6, 6.07) is 6.78. The first-order valence-corrected chi connectivity index (χ1v) is 5.31. The van der Waals surface area contributed by atoms with E-state index in [0.717, 1.165) is 10.6 Å². The highest BCUT2D eigenvalue weighted by Gasteiger charge is 2.07. The average Bonchev–Trinajstić information content (AvgIpc) is 2.76. The molecule has 0 aliphatic heterocycles.